The van der Waals surface area contributed by atoms with Gasteiger partial charge in [0, 0.05) is 29.8 Å². The lowest BCUT2D eigenvalue weighted by Crippen LogP contribution is -2.25. The van der Waals surface area contributed by atoms with Crippen LogP contribution >= 0.6 is 0 Å². The monoisotopic (exact) mass is 472 g/mol. The van der Waals surface area contributed by atoms with Gasteiger partial charge in [-0.2, -0.15) is 4.98 Å². The van der Waals surface area contributed by atoms with Crippen molar-refractivity contribution in [3.63, 3.8) is 0 Å². The van der Waals surface area contributed by atoms with Crippen LogP contribution in [0.2, 0.25) is 0 Å². The lowest BCUT2D eigenvalue weighted by molar-refractivity contribution is -0.384. The Morgan fingerprint density at radius 2 is 1.74 bits per heavy atom. The maximum atomic E-state index is 13.2. The van der Waals surface area contributed by atoms with Gasteiger partial charge in [0.15, 0.2) is 11.5 Å². The summed E-state index contributed by atoms with van der Waals surface area (Å²) in [6.07, 6.45) is -3.77. The van der Waals surface area contributed by atoms with E-state index in [2.05, 4.69) is 45.3 Å². The molecule has 4 aromatic rings. The van der Waals surface area contributed by atoms with Gasteiger partial charge in [-0.25, -0.2) is 4.98 Å². The zero-order valence-electron chi connectivity index (χ0n) is 16.5. The minimum absolute atomic E-state index is 0.0247. The van der Waals surface area contributed by atoms with E-state index in [-0.39, 0.29) is 46.0 Å². The SMILES string of the molecule is O=C(Nc1n[nH]c(C(=O)Nc2nc3cc4c(cc3[nH]2)OC(F)(F)O4)n1)c1ccc([N+](=O)[O-])cc1. The number of nitro groups is 1. The molecule has 2 aromatic heterocycles. The number of H-pyrrole nitrogens is 2. The van der Waals surface area contributed by atoms with Crippen molar-refractivity contribution in [2.75, 3.05) is 10.6 Å². The molecule has 0 fully saturated rings. The maximum absolute atomic E-state index is 13.2. The number of imidazole rings is 1. The fourth-order valence-electron chi connectivity index (χ4n) is 3.01. The van der Waals surface area contributed by atoms with Crippen LogP contribution in [0, 0.1) is 10.1 Å². The number of amides is 2. The van der Waals surface area contributed by atoms with Crippen molar-refractivity contribution in [1.82, 2.24) is 25.1 Å². The van der Waals surface area contributed by atoms with Crippen molar-refractivity contribution in [3.05, 3.63) is 57.9 Å². The third kappa shape index (κ3) is 3.90. The second-order valence-electron chi connectivity index (χ2n) is 6.79. The van der Waals surface area contributed by atoms with Gasteiger partial charge in [-0.05, 0) is 12.1 Å². The van der Waals surface area contributed by atoms with Crippen LogP contribution in [-0.4, -0.2) is 48.2 Å². The average molecular weight is 472 g/mol. The molecule has 0 spiro atoms. The number of carbonyl (C=O) groups excluding carboxylic acids is 2. The Balaban J connectivity index is 1.25. The molecule has 0 atom stereocenters. The summed E-state index contributed by atoms with van der Waals surface area (Å²) in [6, 6.07) is 7.30. The van der Waals surface area contributed by atoms with Gasteiger partial charge in [0.2, 0.25) is 17.7 Å². The zero-order valence-corrected chi connectivity index (χ0v) is 16.5. The van der Waals surface area contributed by atoms with Crippen molar-refractivity contribution in [2.45, 2.75) is 6.29 Å². The molecule has 2 aromatic carbocycles. The lowest BCUT2D eigenvalue weighted by atomic mass is 10.2. The van der Waals surface area contributed by atoms with E-state index in [1.54, 1.807) is 0 Å². The molecule has 172 valence electrons. The molecule has 4 N–H and O–H groups in total. The largest absolute Gasteiger partial charge is 0.586 e. The summed E-state index contributed by atoms with van der Waals surface area (Å²) in [5.41, 5.74) is 0.454. The molecule has 0 saturated carbocycles. The summed E-state index contributed by atoms with van der Waals surface area (Å²) in [5.74, 6) is -2.33. The van der Waals surface area contributed by atoms with E-state index in [9.17, 15) is 28.5 Å². The smallest absolute Gasteiger partial charge is 0.395 e. The number of nitro benzene ring substituents is 1. The summed E-state index contributed by atoms with van der Waals surface area (Å²) in [5, 5.41) is 21.5. The highest BCUT2D eigenvalue weighted by Crippen LogP contribution is 2.42. The summed E-state index contributed by atoms with van der Waals surface area (Å²) in [7, 11) is 0. The summed E-state index contributed by atoms with van der Waals surface area (Å²) < 4.78 is 35.0. The van der Waals surface area contributed by atoms with Crippen molar-refractivity contribution in [1.29, 1.82) is 0 Å². The number of hydrogen-bond acceptors (Lipinski definition) is 9. The van der Waals surface area contributed by atoms with Gasteiger partial charge in [-0.15, -0.1) is 13.9 Å². The van der Waals surface area contributed by atoms with Gasteiger partial charge in [0.05, 0.1) is 16.0 Å². The van der Waals surface area contributed by atoms with Gasteiger partial charge in [-0.3, -0.25) is 35.4 Å². The first-order valence-electron chi connectivity index (χ1n) is 9.26. The molecular formula is C18H10F2N8O6. The first-order chi connectivity index (χ1) is 16.2. The molecule has 0 saturated heterocycles. The normalized spacial score (nSPS) is 13.6. The number of ether oxygens (including phenoxy) is 2. The number of benzene rings is 2. The number of fused-ring (bicyclic) bond motifs is 2. The highest BCUT2D eigenvalue weighted by molar-refractivity contribution is 6.04. The predicted octanol–water partition coefficient (Wildman–Crippen LogP) is 2.42. The fraction of sp³-hybridized carbons (Fsp3) is 0.0556. The zero-order chi connectivity index (χ0) is 24.0. The minimum atomic E-state index is -3.77. The number of aromatic amines is 2. The Bertz CT molecular complexity index is 1420. The Hall–Kier alpha value is -5.15. The molecule has 0 aliphatic carbocycles. The minimum Gasteiger partial charge on any atom is -0.395 e. The van der Waals surface area contributed by atoms with Gasteiger partial charge in [0.1, 0.15) is 0 Å². The molecule has 0 radical (unpaired) electrons. The van der Waals surface area contributed by atoms with E-state index in [1.165, 1.54) is 24.3 Å². The van der Waals surface area contributed by atoms with Crippen molar-refractivity contribution < 1.29 is 32.8 Å². The number of non-ortho nitro benzene ring substituents is 1. The molecule has 14 nitrogen and oxygen atoms in total. The Kier molecular flexibility index (Phi) is 4.55. The lowest BCUT2D eigenvalue weighted by Gasteiger charge is -2.04. The number of nitrogens with one attached hydrogen (secondary N) is 4. The molecule has 5 rings (SSSR count). The van der Waals surface area contributed by atoms with Crippen LogP contribution < -0.4 is 20.1 Å². The summed E-state index contributed by atoms with van der Waals surface area (Å²) in [4.78, 5) is 45.4. The number of alkyl halides is 2. The van der Waals surface area contributed by atoms with Gasteiger partial charge in [-0.1, -0.05) is 0 Å². The molecule has 1 aliphatic rings. The molecular weight excluding hydrogens is 462 g/mol. The van der Waals surface area contributed by atoms with E-state index in [0.717, 1.165) is 12.1 Å². The first kappa shape index (κ1) is 20.7. The molecule has 3 heterocycles. The van der Waals surface area contributed by atoms with Crippen LogP contribution in [0.4, 0.5) is 26.4 Å². The van der Waals surface area contributed by atoms with E-state index >= 15 is 0 Å². The van der Waals surface area contributed by atoms with Crippen LogP contribution in [0.15, 0.2) is 36.4 Å². The van der Waals surface area contributed by atoms with Crippen molar-refractivity contribution in [2.24, 2.45) is 0 Å². The first-order valence-corrected chi connectivity index (χ1v) is 9.26. The molecule has 0 unspecified atom stereocenters. The standard InChI is InChI=1S/C18H10F2N8O6/c19-18(20)33-11-5-9-10(6-12(11)34-18)22-16(21-9)25-15(30)13-23-17(27-26-13)24-14(29)7-1-3-8(4-2-7)28(31)32/h1-6H,(H2,21,22,25,30)(H2,23,24,26,27,29). The molecule has 34 heavy (non-hydrogen) atoms. The third-order valence-corrected chi connectivity index (χ3v) is 4.50. The number of rotatable bonds is 5. The average Bonchev–Trinajstić information content (AvgIpc) is 3.47. The topological polar surface area (TPSA) is 190 Å². The van der Waals surface area contributed by atoms with Crippen LogP contribution in [-0.2, 0) is 0 Å². The summed E-state index contributed by atoms with van der Waals surface area (Å²) >= 11 is 0. The number of nitrogens with zero attached hydrogens (tertiary/aromatic N) is 4. The Morgan fingerprint density at radius 3 is 2.44 bits per heavy atom. The van der Waals surface area contributed by atoms with Crippen LogP contribution in [0.25, 0.3) is 11.0 Å². The Labute approximate surface area is 185 Å². The second kappa shape index (κ2) is 7.47. The van der Waals surface area contributed by atoms with Crippen LogP contribution in [0.5, 0.6) is 11.5 Å². The molecule has 1 aliphatic heterocycles. The number of carbonyl (C=O) groups is 2. The van der Waals surface area contributed by atoms with E-state index in [4.69, 9.17) is 0 Å². The highest BCUT2D eigenvalue weighted by Gasteiger charge is 2.43. The quantitative estimate of drug-likeness (QED) is 0.249. The second-order valence-corrected chi connectivity index (χ2v) is 6.79. The van der Waals surface area contributed by atoms with E-state index < -0.39 is 23.0 Å². The van der Waals surface area contributed by atoms with Gasteiger partial charge in [0.25, 0.3) is 17.5 Å². The summed E-state index contributed by atoms with van der Waals surface area (Å²) in [6.45, 7) is 0. The number of anilines is 2. The van der Waals surface area contributed by atoms with Crippen molar-refractivity contribution in [3.8, 4) is 11.5 Å². The van der Waals surface area contributed by atoms with E-state index in [0.29, 0.717) is 5.52 Å². The highest BCUT2D eigenvalue weighted by atomic mass is 19.3. The maximum Gasteiger partial charge on any atom is 0.586 e. The van der Waals surface area contributed by atoms with Gasteiger partial charge < -0.3 is 14.5 Å². The third-order valence-electron chi connectivity index (χ3n) is 4.50. The molecule has 2 amide bonds. The van der Waals surface area contributed by atoms with Gasteiger partial charge >= 0.3 is 6.29 Å². The number of halogens is 2. The van der Waals surface area contributed by atoms with E-state index in [1.807, 2.05) is 0 Å². The fourth-order valence-corrected chi connectivity index (χ4v) is 3.01. The van der Waals surface area contributed by atoms with Crippen LogP contribution in [0.3, 0.4) is 0 Å². The molecule has 16 heteroatoms. The number of hydrogen-bond donors (Lipinski definition) is 4. The van der Waals surface area contributed by atoms with Crippen molar-refractivity contribution >= 4 is 40.4 Å². The molecule has 0 bridgehead atoms. The Morgan fingerprint density at radius 1 is 1.03 bits per heavy atom. The number of aromatic nitrogens is 5. The van der Waals surface area contributed by atoms with Crippen LogP contribution in [0.1, 0.15) is 21.0 Å². The predicted molar refractivity (Wildman–Crippen MR) is 108 cm³/mol.